The second-order valence-electron chi connectivity index (χ2n) is 5.12. The van der Waals surface area contributed by atoms with E-state index in [1.54, 1.807) is 0 Å². The quantitative estimate of drug-likeness (QED) is 0.894. The zero-order valence-electron chi connectivity index (χ0n) is 11.4. The van der Waals surface area contributed by atoms with Crippen LogP contribution in [-0.2, 0) is 9.53 Å². The van der Waals surface area contributed by atoms with Crippen LogP contribution in [0, 0.1) is 11.2 Å². The molecule has 1 aliphatic rings. The van der Waals surface area contributed by atoms with Crippen LogP contribution in [0.4, 0.5) is 4.39 Å². The summed E-state index contributed by atoms with van der Waals surface area (Å²) in [4.78, 5) is 25.2. The predicted molar refractivity (Wildman–Crippen MR) is 76.6 cm³/mol. The van der Waals surface area contributed by atoms with Gasteiger partial charge >= 0.3 is 5.97 Å². The Labute approximate surface area is 129 Å². The van der Waals surface area contributed by atoms with E-state index < -0.39 is 17.2 Å². The third-order valence-electron chi connectivity index (χ3n) is 3.68. The third kappa shape index (κ3) is 3.08. The minimum Gasteiger partial charge on any atom is -0.481 e. The number of hydrogen-bond donors (Lipinski definition) is 1. The highest BCUT2D eigenvalue weighted by Gasteiger charge is 2.46. The summed E-state index contributed by atoms with van der Waals surface area (Å²) < 4.78 is 18.7. The van der Waals surface area contributed by atoms with Crippen LogP contribution >= 0.6 is 15.9 Å². The Morgan fingerprint density at radius 3 is 2.81 bits per heavy atom. The number of carboxylic acid groups (broad SMARTS) is 1. The zero-order valence-corrected chi connectivity index (χ0v) is 13.0. The fraction of sp³-hybridized carbons (Fsp3) is 0.429. The van der Waals surface area contributed by atoms with Crippen molar-refractivity contribution in [1.29, 1.82) is 0 Å². The highest BCUT2D eigenvalue weighted by Crippen LogP contribution is 2.32. The van der Waals surface area contributed by atoms with Crippen molar-refractivity contribution in [2.45, 2.75) is 6.42 Å². The molecule has 21 heavy (non-hydrogen) atoms. The number of methoxy groups -OCH3 is 1. The fourth-order valence-electron chi connectivity index (χ4n) is 2.49. The lowest BCUT2D eigenvalue weighted by molar-refractivity contribution is -0.151. The smallest absolute Gasteiger partial charge is 0.313 e. The second kappa shape index (κ2) is 6.11. The lowest BCUT2D eigenvalue weighted by atomic mass is 9.88. The molecule has 0 aliphatic carbocycles. The lowest BCUT2D eigenvalue weighted by Crippen LogP contribution is -2.40. The molecule has 1 atom stereocenters. The SMILES string of the molecule is COCC1(C(=O)O)CCN(C(=O)c2ccc(Br)c(F)c2)C1. The first kappa shape index (κ1) is 15.9. The molecule has 1 aliphatic heterocycles. The van der Waals surface area contributed by atoms with Gasteiger partial charge in [0, 0.05) is 25.8 Å². The van der Waals surface area contributed by atoms with E-state index in [1.165, 1.54) is 24.1 Å². The van der Waals surface area contributed by atoms with Gasteiger partial charge in [-0.15, -0.1) is 0 Å². The lowest BCUT2D eigenvalue weighted by Gasteiger charge is -2.23. The van der Waals surface area contributed by atoms with Gasteiger partial charge in [0.15, 0.2) is 0 Å². The van der Waals surface area contributed by atoms with Gasteiger partial charge in [-0.2, -0.15) is 0 Å². The maximum Gasteiger partial charge on any atom is 0.313 e. The van der Waals surface area contributed by atoms with Crippen LogP contribution in [0.15, 0.2) is 22.7 Å². The van der Waals surface area contributed by atoms with Crippen LogP contribution in [0.2, 0.25) is 0 Å². The Balaban J connectivity index is 2.18. The molecule has 0 aromatic heterocycles. The van der Waals surface area contributed by atoms with Crippen LogP contribution in [0.5, 0.6) is 0 Å². The molecule has 1 fully saturated rings. The number of likely N-dealkylation sites (tertiary alicyclic amines) is 1. The number of hydrogen-bond acceptors (Lipinski definition) is 3. The number of nitrogens with zero attached hydrogens (tertiary/aromatic N) is 1. The number of amides is 1. The van der Waals surface area contributed by atoms with Crippen molar-refractivity contribution in [1.82, 2.24) is 4.90 Å². The highest BCUT2D eigenvalue weighted by molar-refractivity contribution is 9.10. The summed E-state index contributed by atoms with van der Waals surface area (Å²) in [6, 6.07) is 4.11. The molecule has 0 radical (unpaired) electrons. The maximum atomic E-state index is 13.5. The Bertz CT molecular complexity index is 580. The number of rotatable bonds is 4. The van der Waals surface area contributed by atoms with E-state index >= 15 is 0 Å². The van der Waals surface area contributed by atoms with E-state index in [0.29, 0.717) is 13.0 Å². The molecule has 0 spiro atoms. The Hall–Kier alpha value is -1.47. The molecule has 1 saturated heterocycles. The summed E-state index contributed by atoms with van der Waals surface area (Å²) in [5, 5.41) is 9.36. The summed E-state index contributed by atoms with van der Waals surface area (Å²) in [5.41, 5.74) is -0.882. The van der Waals surface area contributed by atoms with Gasteiger partial charge in [-0.3, -0.25) is 9.59 Å². The first-order valence-corrected chi connectivity index (χ1v) is 7.15. The van der Waals surface area contributed by atoms with Crippen LogP contribution in [0.1, 0.15) is 16.8 Å². The number of carboxylic acids is 1. The van der Waals surface area contributed by atoms with Crippen LogP contribution in [0.25, 0.3) is 0 Å². The van der Waals surface area contributed by atoms with Crippen molar-refractivity contribution < 1.29 is 23.8 Å². The average molecular weight is 360 g/mol. The number of aliphatic carboxylic acids is 1. The first-order chi connectivity index (χ1) is 9.89. The summed E-state index contributed by atoms with van der Waals surface area (Å²) in [6.45, 7) is 0.416. The van der Waals surface area contributed by atoms with Crippen molar-refractivity contribution >= 4 is 27.8 Å². The number of benzene rings is 1. The van der Waals surface area contributed by atoms with Gasteiger partial charge in [0.05, 0.1) is 11.1 Å². The molecule has 5 nitrogen and oxygen atoms in total. The molecule has 1 heterocycles. The summed E-state index contributed by atoms with van der Waals surface area (Å²) in [7, 11) is 1.43. The molecule has 1 amide bonds. The molecule has 2 rings (SSSR count). The summed E-state index contributed by atoms with van der Waals surface area (Å²) in [5.74, 6) is -1.89. The van der Waals surface area contributed by atoms with Gasteiger partial charge in [0.25, 0.3) is 5.91 Å². The number of ether oxygens (including phenoxy) is 1. The van der Waals surface area contributed by atoms with Gasteiger partial charge in [-0.05, 0) is 40.5 Å². The molecular formula is C14H15BrFNO4. The fourth-order valence-corrected chi connectivity index (χ4v) is 2.73. The van der Waals surface area contributed by atoms with Crippen molar-refractivity contribution in [3.63, 3.8) is 0 Å². The van der Waals surface area contributed by atoms with Gasteiger partial charge < -0.3 is 14.7 Å². The van der Waals surface area contributed by atoms with E-state index in [9.17, 15) is 19.1 Å². The summed E-state index contributed by atoms with van der Waals surface area (Å²) in [6.07, 6.45) is 0.320. The maximum absolute atomic E-state index is 13.5. The largest absolute Gasteiger partial charge is 0.481 e. The van der Waals surface area contributed by atoms with Crippen LogP contribution in [0.3, 0.4) is 0 Å². The molecule has 1 unspecified atom stereocenters. The van der Waals surface area contributed by atoms with Crippen molar-refractivity contribution in [2.24, 2.45) is 5.41 Å². The predicted octanol–water partition coefficient (Wildman–Crippen LogP) is 2.15. The molecule has 0 saturated carbocycles. The Morgan fingerprint density at radius 1 is 1.52 bits per heavy atom. The molecule has 1 aromatic carbocycles. The van der Waals surface area contributed by atoms with Gasteiger partial charge in [0.1, 0.15) is 11.2 Å². The number of halogens is 2. The minimum absolute atomic E-state index is 0.0425. The second-order valence-corrected chi connectivity index (χ2v) is 5.98. The molecule has 7 heteroatoms. The summed E-state index contributed by atoms with van der Waals surface area (Å²) >= 11 is 3.03. The molecular weight excluding hydrogens is 345 g/mol. The van der Waals surface area contributed by atoms with Crippen molar-refractivity contribution in [3.8, 4) is 0 Å². The standard InChI is InChI=1S/C14H15BrFNO4/c1-21-8-14(13(19)20)4-5-17(7-14)12(18)9-2-3-10(15)11(16)6-9/h2-3,6H,4-5,7-8H2,1H3,(H,19,20). The van der Waals surface area contributed by atoms with Crippen LogP contribution < -0.4 is 0 Å². The first-order valence-electron chi connectivity index (χ1n) is 6.36. The highest BCUT2D eigenvalue weighted by atomic mass is 79.9. The van der Waals surface area contributed by atoms with E-state index in [2.05, 4.69) is 15.9 Å². The van der Waals surface area contributed by atoms with Crippen molar-refractivity contribution in [3.05, 3.63) is 34.1 Å². The number of carbonyl (C=O) groups excluding carboxylic acids is 1. The molecule has 114 valence electrons. The molecule has 1 N–H and O–H groups in total. The topological polar surface area (TPSA) is 66.8 Å². The Kier molecular flexibility index (Phi) is 4.63. The Morgan fingerprint density at radius 2 is 2.24 bits per heavy atom. The van der Waals surface area contributed by atoms with Gasteiger partial charge in [-0.25, -0.2) is 4.39 Å². The van der Waals surface area contributed by atoms with E-state index in [-0.39, 0.29) is 29.1 Å². The molecule has 0 bridgehead atoms. The normalized spacial score (nSPS) is 21.6. The van der Waals surface area contributed by atoms with E-state index in [4.69, 9.17) is 4.74 Å². The number of carbonyl (C=O) groups is 2. The third-order valence-corrected chi connectivity index (χ3v) is 4.32. The minimum atomic E-state index is -1.09. The van der Waals surface area contributed by atoms with Gasteiger partial charge in [-0.1, -0.05) is 0 Å². The average Bonchev–Trinajstić information content (AvgIpc) is 2.87. The van der Waals surface area contributed by atoms with E-state index in [1.807, 2.05) is 0 Å². The van der Waals surface area contributed by atoms with Crippen LogP contribution in [-0.4, -0.2) is 48.7 Å². The van der Waals surface area contributed by atoms with Gasteiger partial charge in [0.2, 0.25) is 0 Å². The monoisotopic (exact) mass is 359 g/mol. The molecule has 1 aromatic rings. The zero-order chi connectivity index (χ0) is 15.6. The van der Waals surface area contributed by atoms with Crippen molar-refractivity contribution in [2.75, 3.05) is 26.8 Å². The van der Waals surface area contributed by atoms with E-state index in [0.717, 1.165) is 6.07 Å².